The number of hydrogen-bond acceptors (Lipinski definition) is 5. The summed E-state index contributed by atoms with van der Waals surface area (Å²) in [6.45, 7) is 2.09. The highest BCUT2D eigenvalue weighted by Gasteiger charge is 2.36. The van der Waals surface area contributed by atoms with Crippen molar-refractivity contribution >= 4 is 28.2 Å². The Balaban J connectivity index is 1.99. The van der Waals surface area contributed by atoms with E-state index in [-0.39, 0.29) is 11.2 Å². The van der Waals surface area contributed by atoms with Crippen molar-refractivity contribution in [3.63, 3.8) is 0 Å². The first-order chi connectivity index (χ1) is 8.50. The number of nitrogens with one attached hydrogen (secondary N) is 1. The highest BCUT2D eigenvalue weighted by Crippen LogP contribution is 2.36. The molecule has 0 bridgehead atoms. The Morgan fingerprint density at radius 2 is 2.17 bits per heavy atom. The first kappa shape index (κ1) is 13.9. The van der Waals surface area contributed by atoms with E-state index >= 15 is 0 Å². The molecule has 2 rings (SSSR count). The summed E-state index contributed by atoms with van der Waals surface area (Å²) in [5, 5.41) is 9.69. The van der Waals surface area contributed by atoms with Gasteiger partial charge >= 0.3 is 6.18 Å². The number of aromatic nitrogens is 2. The van der Waals surface area contributed by atoms with E-state index in [1.807, 2.05) is 11.8 Å². The van der Waals surface area contributed by atoms with Crippen molar-refractivity contribution in [3.05, 3.63) is 5.01 Å². The van der Waals surface area contributed by atoms with Crippen LogP contribution in [-0.4, -0.2) is 27.2 Å². The molecule has 0 aromatic carbocycles. The van der Waals surface area contributed by atoms with Gasteiger partial charge in [0.05, 0.1) is 0 Å². The predicted octanol–water partition coefficient (Wildman–Crippen LogP) is 3.64. The fourth-order valence-electron chi connectivity index (χ4n) is 2.06. The summed E-state index contributed by atoms with van der Waals surface area (Å²) < 4.78 is 37.2. The highest BCUT2D eigenvalue weighted by atomic mass is 32.2. The van der Waals surface area contributed by atoms with Gasteiger partial charge in [-0.05, 0) is 18.6 Å². The Morgan fingerprint density at radius 1 is 1.39 bits per heavy atom. The minimum absolute atomic E-state index is 0.212. The van der Waals surface area contributed by atoms with E-state index in [2.05, 4.69) is 22.4 Å². The molecule has 1 fully saturated rings. The number of anilines is 1. The van der Waals surface area contributed by atoms with Crippen LogP contribution in [0.2, 0.25) is 0 Å². The van der Waals surface area contributed by atoms with Crippen LogP contribution in [0.15, 0.2) is 0 Å². The van der Waals surface area contributed by atoms with Gasteiger partial charge in [0.25, 0.3) is 0 Å². The second kappa shape index (κ2) is 5.64. The number of hydrogen-bond donors (Lipinski definition) is 1. The molecule has 8 heteroatoms. The van der Waals surface area contributed by atoms with E-state index < -0.39 is 11.2 Å². The van der Waals surface area contributed by atoms with Gasteiger partial charge in [-0.2, -0.15) is 24.9 Å². The monoisotopic (exact) mass is 297 g/mol. The van der Waals surface area contributed by atoms with Crippen molar-refractivity contribution in [1.82, 2.24) is 10.2 Å². The average Bonchev–Trinajstić information content (AvgIpc) is 2.89. The van der Waals surface area contributed by atoms with E-state index in [1.54, 1.807) is 0 Å². The number of nitrogens with zero attached hydrogens (tertiary/aromatic N) is 2. The third-order valence-electron chi connectivity index (χ3n) is 2.81. The summed E-state index contributed by atoms with van der Waals surface area (Å²) in [6, 6.07) is 0.212. The average molecular weight is 297 g/mol. The number of halogens is 3. The number of rotatable bonds is 4. The van der Waals surface area contributed by atoms with Gasteiger partial charge in [0.2, 0.25) is 10.1 Å². The molecular weight excluding hydrogens is 283 g/mol. The highest BCUT2D eigenvalue weighted by molar-refractivity contribution is 7.99. The minimum atomic E-state index is -4.40. The van der Waals surface area contributed by atoms with Gasteiger partial charge in [0, 0.05) is 11.3 Å². The summed E-state index contributed by atoms with van der Waals surface area (Å²) in [7, 11) is 0. The Morgan fingerprint density at radius 3 is 2.78 bits per heavy atom. The van der Waals surface area contributed by atoms with Crippen LogP contribution in [0.25, 0.3) is 0 Å². The van der Waals surface area contributed by atoms with E-state index in [9.17, 15) is 13.2 Å². The molecule has 1 aliphatic rings. The fourth-order valence-corrected chi connectivity index (χ4v) is 3.93. The van der Waals surface area contributed by atoms with Crippen molar-refractivity contribution in [3.8, 4) is 0 Å². The summed E-state index contributed by atoms with van der Waals surface area (Å²) in [5.74, 6) is 1.02. The molecule has 1 saturated carbocycles. The quantitative estimate of drug-likeness (QED) is 0.920. The Hall–Kier alpha value is -0.500. The van der Waals surface area contributed by atoms with Gasteiger partial charge in [-0.1, -0.05) is 24.7 Å². The molecule has 3 nitrogen and oxygen atoms in total. The van der Waals surface area contributed by atoms with E-state index in [0.29, 0.717) is 16.6 Å². The maximum atomic E-state index is 12.4. The molecule has 2 atom stereocenters. The first-order valence-corrected chi connectivity index (χ1v) is 7.66. The molecule has 0 saturated heterocycles. The summed E-state index contributed by atoms with van der Waals surface area (Å²) in [4.78, 5) is 0. The summed E-state index contributed by atoms with van der Waals surface area (Å²) in [5.41, 5.74) is 0. The van der Waals surface area contributed by atoms with Crippen molar-refractivity contribution in [2.24, 2.45) is 0 Å². The molecule has 1 aromatic rings. The normalized spacial score (nSPS) is 24.4. The number of alkyl halides is 3. The van der Waals surface area contributed by atoms with E-state index in [0.717, 1.165) is 25.0 Å². The van der Waals surface area contributed by atoms with Gasteiger partial charge in [-0.15, -0.1) is 10.2 Å². The maximum Gasteiger partial charge on any atom is 0.445 e. The maximum absolute atomic E-state index is 12.4. The van der Waals surface area contributed by atoms with Crippen LogP contribution in [0.1, 0.15) is 31.2 Å². The largest absolute Gasteiger partial charge is 0.445 e. The fraction of sp³-hybridized carbons (Fsp3) is 0.800. The molecule has 102 valence electrons. The van der Waals surface area contributed by atoms with Crippen molar-refractivity contribution in [1.29, 1.82) is 0 Å². The lowest BCUT2D eigenvalue weighted by Gasteiger charge is -2.19. The van der Waals surface area contributed by atoms with Gasteiger partial charge < -0.3 is 5.32 Å². The van der Waals surface area contributed by atoms with Gasteiger partial charge in [0.15, 0.2) is 0 Å². The Kier molecular flexibility index (Phi) is 4.37. The lowest BCUT2D eigenvalue weighted by molar-refractivity contribution is -0.138. The van der Waals surface area contributed by atoms with Crippen LogP contribution >= 0.6 is 23.1 Å². The molecule has 1 heterocycles. The predicted molar refractivity (Wildman–Crippen MR) is 68.1 cm³/mol. The zero-order valence-corrected chi connectivity index (χ0v) is 11.5. The second-order valence-electron chi connectivity index (χ2n) is 4.09. The SMILES string of the molecule is CCSC1CCCC1Nc1nnc(C(F)(F)F)s1. The van der Waals surface area contributed by atoms with Crippen LogP contribution in [-0.2, 0) is 6.18 Å². The van der Waals surface area contributed by atoms with Gasteiger partial charge in [0.1, 0.15) is 0 Å². The minimum Gasteiger partial charge on any atom is -0.356 e. The smallest absolute Gasteiger partial charge is 0.356 e. The molecule has 0 amide bonds. The van der Waals surface area contributed by atoms with Crippen LogP contribution in [0, 0.1) is 0 Å². The van der Waals surface area contributed by atoms with Crippen molar-refractivity contribution < 1.29 is 13.2 Å². The van der Waals surface area contributed by atoms with Crippen LogP contribution < -0.4 is 5.32 Å². The summed E-state index contributed by atoms with van der Waals surface area (Å²) in [6.07, 6.45) is -1.19. The first-order valence-electron chi connectivity index (χ1n) is 5.79. The molecule has 0 radical (unpaired) electrons. The standard InChI is InChI=1S/C10H14F3N3S2/c1-2-17-7-5-3-4-6(7)14-9-16-15-8(18-9)10(11,12)13/h6-7H,2-5H2,1H3,(H,14,16). The van der Waals surface area contributed by atoms with E-state index in [4.69, 9.17) is 0 Å². The zero-order valence-electron chi connectivity index (χ0n) is 9.83. The van der Waals surface area contributed by atoms with Gasteiger partial charge in [-0.3, -0.25) is 0 Å². The Labute approximate surface area is 112 Å². The zero-order chi connectivity index (χ0) is 13.2. The summed E-state index contributed by atoms with van der Waals surface area (Å²) >= 11 is 2.43. The lowest BCUT2D eigenvalue weighted by Crippen LogP contribution is -2.26. The molecule has 18 heavy (non-hydrogen) atoms. The van der Waals surface area contributed by atoms with Crippen molar-refractivity contribution in [2.45, 2.75) is 43.7 Å². The van der Waals surface area contributed by atoms with Gasteiger partial charge in [-0.25, -0.2) is 0 Å². The molecule has 1 N–H and O–H groups in total. The molecular formula is C10H14F3N3S2. The Bertz CT molecular complexity index is 394. The molecule has 0 aliphatic heterocycles. The molecule has 0 spiro atoms. The van der Waals surface area contributed by atoms with Crippen LogP contribution in [0.3, 0.4) is 0 Å². The van der Waals surface area contributed by atoms with Crippen LogP contribution in [0.5, 0.6) is 0 Å². The van der Waals surface area contributed by atoms with Crippen molar-refractivity contribution in [2.75, 3.05) is 11.1 Å². The second-order valence-corrected chi connectivity index (χ2v) is 6.58. The lowest BCUT2D eigenvalue weighted by atomic mass is 10.2. The third kappa shape index (κ3) is 3.28. The van der Waals surface area contributed by atoms with E-state index in [1.165, 1.54) is 0 Å². The topological polar surface area (TPSA) is 37.8 Å². The molecule has 2 unspecified atom stereocenters. The third-order valence-corrected chi connectivity index (χ3v) is 5.03. The molecule has 1 aromatic heterocycles. The number of thioether (sulfide) groups is 1. The van der Waals surface area contributed by atoms with Crippen LogP contribution in [0.4, 0.5) is 18.3 Å². The molecule has 1 aliphatic carbocycles.